The molecule has 5 amide bonds. The number of benzene rings is 2. The van der Waals surface area contributed by atoms with Crippen LogP contribution in [0.15, 0.2) is 60.8 Å². The lowest BCUT2D eigenvalue weighted by Gasteiger charge is -2.41. The summed E-state index contributed by atoms with van der Waals surface area (Å²) < 4.78 is 31.3. The zero-order valence-corrected chi connectivity index (χ0v) is 37.6. The molecule has 8 N–H and O–H groups in total. The molecule has 0 radical (unpaired) electrons. The Bertz CT molecular complexity index is 2010. The quantitative estimate of drug-likeness (QED) is 0.0539. The molecule has 0 saturated heterocycles. The second kappa shape index (κ2) is 23.9. The lowest BCUT2D eigenvalue weighted by atomic mass is 9.82. The number of aromatic nitrogens is 1. The third-order valence-electron chi connectivity index (χ3n) is 10.2. The number of unbranched alkanes of at least 4 members (excludes halogenated alkanes) is 1. The molecule has 5 atom stereocenters. The summed E-state index contributed by atoms with van der Waals surface area (Å²) in [6.45, 7) is 10.1. The van der Waals surface area contributed by atoms with Crippen molar-refractivity contribution in [2.75, 3.05) is 25.0 Å². The summed E-state index contributed by atoms with van der Waals surface area (Å²) in [7, 11) is 0. The number of nitrogens with two attached hydrogens (primary N) is 1. The second-order valence-corrected chi connectivity index (χ2v) is 17.2. The molecular weight excluding hydrogens is 872 g/mol. The van der Waals surface area contributed by atoms with Crippen molar-refractivity contribution in [2.45, 2.75) is 104 Å². The molecule has 0 spiro atoms. The van der Waals surface area contributed by atoms with Crippen LogP contribution < -0.4 is 27.0 Å². The molecule has 1 aromatic heterocycles. The number of nitrogens with zero attached hydrogens (tertiary/aromatic N) is 2. The molecule has 0 bridgehead atoms. The maximum atomic E-state index is 15.1. The van der Waals surface area contributed by atoms with Gasteiger partial charge >= 0.3 is 5.97 Å². The minimum atomic E-state index is -1.28. The molecule has 0 fully saturated rings. The van der Waals surface area contributed by atoms with Gasteiger partial charge in [0.1, 0.15) is 36.4 Å². The van der Waals surface area contributed by atoms with Crippen LogP contribution in [0, 0.1) is 23.0 Å². The topological polar surface area (TPSA) is 225 Å². The first-order chi connectivity index (χ1) is 29.2. The largest absolute Gasteiger partial charge is 0.480 e. The van der Waals surface area contributed by atoms with Crippen LogP contribution in [0.1, 0.15) is 84.5 Å². The van der Waals surface area contributed by atoms with Crippen molar-refractivity contribution < 1.29 is 47.8 Å². The van der Waals surface area contributed by atoms with E-state index in [1.54, 1.807) is 26.1 Å². The summed E-state index contributed by atoms with van der Waals surface area (Å²) >= 11 is 3.03. The molecule has 15 nitrogen and oxygen atoms in total. The molecule has 3 rings (SSSR count). The van der Waals surface area contributed by atoms with Crippen LogP contribution >= 0.6 is 15.9 Å². The number of nitrogens with one attached hydrogen (secondary N) is 4. The van der Waals surface area contributed by atoms with Crippen LogP contribution in [0.4, 0.5) is 8.78 Å². The number of rotatable bonds is 23. The molecule has 1 heterocycles. The minimum absolute atomic E-state index is 0.00241. The van der Waals surface area contributed by atoms with Gasteiger partial charge in [-0.15, -0.1) is 0 Å². The number of halogens is 3. The van der Waals surface area contributed by atoms with Crippen molar-refractivity contribution in [1.82, 2.24) is 30.7 Å². The number of hydrogen-bond donors (Lipinski definition) is 7. The number of aliphatic carboxylic acids is 1. The summed E-state index contributed by atoms with van der Waals surface area (Å²) in [6, 6.07) is 9.26. The Hall–Kier alpha value is -5.20. The molecule has 0 aliphatic heterocycles. The van der Waals surface area contributed by atoms with E-state index in [2.05, 4.69) is 37.2 Å². The predicted molar refractivity (Wildman–Crippen MR) is 234 cm³/mol. The summed E-state index contributed by atoms with van der Waals surface area (Å²) in [4.78, 5) is 77.5. The van der Waals surface area contributed by atoms with Gasteiger partial charge in [-0.1, -0.05) is 80.9 Å². The van der Waals surface area contributed by atoms with Crippen LogP contribution in [0.2, 0.25) is 0 Å². The third-order valence-corrected chi connectivity index (χ3v) is 10.7. The summed E-state index contributed by atoms with van der Waals surface area (Å²) in [5.74, 6) is -5.70. The molecule has 18 heteroatoms. The molecular formula is C44H60BrF2N7O8. The van der Waals surface area contributed by atoms with Crippen LogP contribution in [0.3, 0.4) is 0 Å². The number of aliphatic hydroxyl groups excluding tert-OH is 1. The predicted octanol–water partition coefficient (Wildman–Crippen LogP) is 4.00. The Balaban J connectivity index is 1.66. The fraction of sp³-hybridized carbons (Fsp3) is 0.500. The standard InChI is InChI=1S/C44H60BrF2N7O8/c1-26(2)38(52-36(56)22-45)42(60)50-27(3)40(58)51-34(43(61)62)14-10-11-18-49-41(59)33(48)17-19-54(37(57)25-55)39(44(4,5)6)35-20-29(31-21-30(46)15-16-32(31)47)24-53(35)23-28-12-8-7-9-13-28/h7-9,12-13,15-16,20-21,24,26-27,33-34,38-39,55H,10-11,14,17-19,22-23,25,48H2,1-6H3,(H,49,59)(H,50,60)(H,51,58)(H,52,56)(H,61,62)/t27?,33?,34?,38-,39?/m0/s1. The lowest BCUT2D eigenvalue weighted by molar-refractivity contribution is -0.142. The molecule has 4 unspecified atom stereocenters. The number of amides is 5. The maximum Gasteiger partial charge on any atom is 0.326 e. The Morgan fingerprint density at radius 3 is 2.16 bits per heavy atom. The highest BCUT2D eigenvalue weighted by molar-refractivity contribution is 9.09. The van der Waals surface area contributed by atoms with Gasteiger partial charge in [-0.3, -0.25) is 24.0 Å². The van der Waals surface area contributed by atoms with E-state index in [4.69, 9.17) is 5.73 Å². The number of carbonyl (C=O) groups is 6. The molecule has 0 aliphatic rings. The van der Waals surface area contributed by atoms with Crippen LogP contribution in [0.5, 0.6) is 0 Å². The molecule has 2 aromatic carbocycles. The number of carboxylic acids is 1. The number of aliphatic hydroxyl groups is 1. The van der Waals surface area contributed by atoms with Crippen molar-refractivity contribution >= 4 is 51.4 Å². The van der Waals surface area contributed by atoms with Crippen LogP contribution in [-0.4, -0.2) is 104 Å². The molecule has 340 valence electrons. The first-order valence-electron chi connectivity index (χ1n) is 20.5. The van der Waals surface area contributed by atoms with Gasteiger partial charge in [0.2, 0.25) is 29.5 Å². The highest BCUT2D eigenvalue weighted by Gasteiger charge is 2.37. The van der Waals surface area contributed by atoms with Crippen LogP contribution in [0.25, 0.3) is 11.1 Å². The van der Waals surface area contributed by atoms with Crippen molar-refractivity contribution in [1.29, 1.82) is 0 Å². The van der Waals surface area contributed by atoms with E-state index >= 15 is 4.39 Å². The van der Waals surface area contributed by atoms with Crippen molar-refractivity contribution in [2.24, 2.45) is 17.1 Å². The number of alkyl halides is 1. The highest BCUT2D eigenvalue weighted by Crippen LogP contribution is 2.41. The molecule has 62 heavy (non-hydrogen) atoms. The Labute approximate surface area is 369 Å². The van der Waals surface area contributed by atoms with Crippen molar-refractivity contribution in [3.8, 4) is 11.1 Å². The fourth-order valence-electron chi connectivity index (χ4n) is 7.00. The van der Waals surface area contributed by atoms with Gasteiger partial charge in [0.15, 0.2) is 0 Å². The fourth-order valence-corrected chi connectivity index (χ4v) is 7.16. The van der Waals surface area contributed by atoms with Gasteiger partial charge in [-0.2, -0.15) is 0 Å². The van der Waals surface area contributed by atoms with Crippen LogP contribution in [-0.2, 0) is 35.3 Å². The van der Waals surface area contributed by atoms with E-state index in [1.165, 1.54) is 11.8 Å². The van der Waals surface area contributed by atoms with Crippen molar-refractivity contribution in [3.05, 3.63) is 83.7 Å². The lowest BCUT2D eigenvalue weighted by Crippen LogP contribution is -2.56. The third kappa shape index (κ3) is 15.0. The van der Waals surface area contributed by atoms with Gasteiger partial charge < -0.3 is 46.7 Å². The number of carbonyl (C=O) groups excluding carboxylic acids is 5. The Kier molecular flexibility index (Phi) is 19.7. The minimum Gasteiger partial charge on any atom is -0.480 e. The van der Waals surface area contributed by atoms with E-state index in [-0.39, 0.29) is 49.2 Å². The molecule has 0 saturated carbocycles. The second-order valence-electron chi connectivity index (χ2n) is 16.6. The Morgan fingerprint density at radius 1 is 0.887 bits per heavy atom. The first kappa shape index (κ1) is 51.2. The van der Waals surface area contributed by atoms with E-state index in [0.29, 0.717) is 24.2 Å². The normalized spacial score (nSPS) is 13.9. The smallest absolute Gasteiger partial charge is 0.326 e. The molecule has 0 aliphatic carbocycles. The summed E-state index contributed by atoms with van der Waals surface area (Å²) in [6.07, 6.45) is 2.34. The highest BCUT2D eigenvalue weighted by atomic mass is 79.9. The SMILES string of the molecule is CC(NC(=O)[C@@H](NC(=O)CBr)C(C)C)C(=O)NC(CCCCNC(=O)C(N)CCN(C(=O)CO)C(c1cc(-c2cc(F)ccc2F)cn1Cc1ccccc1)C(C)(C)C)C(=O)O. The van der Waals surface area contributed by atoms with E-state index in [9.17, 15) is 43.4 Å². The monoisotopic (exact) mass is 931 g/mol. The number of carboxylic acid groups (broad SMARTS) is 1. The van der Waals surface area contributed by atoms with Gasteiger partial charge in [0.25, 0.3) is 0 Å². The average molecular weight is 933 g/mol. The van der Waals surface area contributed by atoms with Gasteiger partial charge in [0, 0.05) is 42.7 Å². The van der Waals surface area contributed by atoms with Crippen molar-refractivity contribution in [3.63, 3.8) is 0 Å². The van der Waals surface area contributed by atoms with E-state index in [0.717, 1.165) is 23.8 Å². The van der Waals surface area contributed by atoms with Gasteiger partial charge in [0.05, 0.1) is 17.4 Å². The summed E-state index contributed by atoms with van der Waals surface area (Å²) in [5, 5.41) is 30.1. The summed E-state index contributed by atoms with van der Waals surface area (Å²) in [5.41, 5.74) is 7.56. The molecule has 3 aromatic rings. The van der Waals surface area contributed by atoms with E-state index < -0.39 is 89.4 Å². The van der Waals surface area contributed by atoms with Gasteiger partial charge in [-0.05, 0) is 73.8 Å². The Morgan fingerprint density at radius 2 is 1.56 bits per heavy atom. The zero-order chi connectivity index (χ0) is 46.3. The average Bonchev–Trinajstić information content (AvgIpc) is 3.62. The number of hydrogen-bond acceptors (Lipinski definition) is 8. The van der Waals surface area contributed by atoms with E-state index in [1.807, 2.05) is 55.7 Å². The maximum absolute atomic E-state index is 15.1. The zero-order valence-electron chi connectivity index (χ0n) is 36.1. The first-order valence-corrected chi connectivity index (χ1v) is 21.6. The van der Waals surface area contributed by atoms with Gasteiger partial charge in [-0.25, -0.2) is 13.6 Å².